The van der Waals surface area contributed by atoms with Crippen LogP contribution in [-0.2, 0) is 0 Å². The zero-order valence-electron chi connectivity index (χ0n) is 18.0. The third-order valence-corrected chi connectivity index (χ3v) is 5.01. The molecule has 0 atom stereocenters. The van der Waals surface area contributed by atoms with Gasteiger partial charge in [0.05, 0.1) is 22.6 Å². The van der Waals surface area contributed by atoms with Gasteiger partial charge < -0.3 is 10.3 Å². The molecule has 0 saturated carbocycles. The van der Waals surface area contributed by atoms with E-state index in [0.717, 1.165) is 24.1 Å². The summed E-state index contributed by atoms with van der Waals surface area (Å²) in [5.74, 6) is -0.0531. The highest BCUT2D eigenvalue weighted by Gasteiger charge is 2.20. The summed E-state index contributed by atoms with van der Waals surface area (Å²) >= 11 is 0. The van der Waals surface area contributed by atoms with Crippen LogP contribution in [0.5, 0.6) is 0 Å². The number of hydrogen-bond donors (Lipinski definition) is 3. The summed E-state index contributed by atoms with van der Waals surface area (Å²) in [4.78, 5) is 16.2. The molecule has 32 heavy (non-hydrogen) atoms. The third-order valence-electron chi connectivity index (χ3n) is 5.01. The monoisotopic (exact) mass is 429 g/mol. The van der Waals surface area contributed by atoms with E-state index in [4.69, 9.17) is 0 Å². The Balaban J connectivity index is 1.78. The maximum Gasteiger partial charge on any atom is 0.178 e. The van der Waals surface area contributed by atoms with Crippen molar-refractivity contribution in [1.29, 1.82) is 0 Å². The molecule has 0 fully saturated rings. The summed E-state index contributed by atoms with van der Waals surface area (Å²) in [7, 11) is 0. The Bertz CT molecular complexity index is 1340. The second kappa shape index (κ2) is 8.97. The largest absolute Gasteiger partial charge is 0.359 e. The third kappa shape index (κ3) is 3.94. The number of pyridine rings is 2. The highest BCUT2D eigenvalue weighted by Crippen LogP contribution is 2.31. The fraction of sp³-hybridized carbons (Fsp3) is 0.167. The smallest absolute Gasteiger partial charge is 0.178 e. The Hall–Kier alpha value is -4.07. The number of hydrogen-bond acceptors (Lipinski definition) is 5. The lowest BCUT2D eigenvalue weighted by atomic mass is 10.1. The Kier molecular flexibility index (Phi) is 5.93. The molecule has 0 spiro atoms. The number of nitrogens with zero attached hydrogens (tertiary/aromatic N) is 4. The Morgan fingerprint density at radius 1 is 1.28 bits per heavy atom. The van der Waals surface area contributed by atoms with Crippen LogP contribution in [0.2, 0.25) is 0 Å². The zero-order valence-corrected chi connectivity index (χ0v) is 18.0. The lowest BCUT2D eigenvalue weighted by Crippen LogP contribution is -2.10. The Morgan fingerprint density at radius 2 is 2.12 bits per heavy atom. The number of allylic oxidation sites excluding steroid dienone is 5. The second-order valence-corrected chi connectivity index (χ2v) is 7.27. The van der Waals surface area contributed by atoms with Crippen molar-refractivity contribution in [2.45, 2.75) is 26.7 Å². The molecule has 0 aliphatic carbocycles. The number of imidazole rings is 1. The van der Waals surface area contributed by atoms with Gasteiger partial charge >= 0.3 is 0 Å². The summed E-state index contributed by atoms with van der Waals surface area (Å²) in [6, 6.07) is 3.66. The van der Waals surface area contributed by atoms with Crippen LogP contribution in [0.15, 0.2) is 67.3 Å². The quantitative estimate of drug-likeness (QED) is 0.326. The molecule has 7 nitrogen and oxygen atoms in total. The van der Waals surface area contributed by atoms with Gasteiger partial charge in [-0.3, -0.25) is 10.1 Å². The van der Waals surface area contributed by atoms with Crippen molar-refractivity contribution in [2.75, 3.05) is 0 Å². The molecule has 3 N–H and O–H groups in total. The van der Waals surface area contributed by atoms with Crippen LogP contribution in [0.25, 0.3) is 39.2 Å². The van der Waals surface area contributed by atoms with Gasteiger partial charge in [-0.1, -0.05) is 32.6 Å². The van der Waals surface area contributed by atoms with Crippen LogP contribution in [0, 0.1) is 5.82 Å². The van der Waals surface area contributed by atoms with Crippen LogP contribution in [-0.4, -0.2) is 30.1 Å². The van der Waals surface area contributed by atoms with E-state index in [-0.39, 0.29) is 5.69 Å². The standard InChI is InChI=1S/C24H24FN7/c1-5-9-14(4)28-16(7-3)12-15(6-2)21-20(25)19-18(13-27-21)31-32-22(19)24-29-17-10-8-11-26-23(17)30-24/h6-8,10-13,28H,3-5,9H2,1-2H3,(H,31,32)(H,26,29,30)/b15-6+,16-12+. The molecule has 0 bridgehead atoms. The van der Waals surface area contributed by atoms with Crippen LogP contribution in [0.4, 0.5) is 4.39 Å². The van der Waals surface area contributed by atoms with E-state index < -0.39 is 5.82 Å². The van der Waals surface area contributed by atoms with Gasteiger partial charge in [-0.2, -0.15) is 5.10 Å². The first kappa shape index (κ1) is 21.2. The number of nitrogens with one attached hydrogen (secondary N) is 3. The maximum absolute atomic E-state index is 15.8. The van der Waals surface area contributed by atoms with Gasteiger partial charge in [0.25, 0.3) is 0 Å². The fourth-order valence-corrected chi connectivity index (χ4v) is 3.48. The summed E-state index contributed by atoms with van der Waals surface area (Å²) in [5.41, 5.74) is 4.54. The van der Waals surface area contributed by atoms with Crippen molar-refractivity contribution < 1.29 is 4.39 Å². The zero-order chi connectivity index (χ0) is 22.7. The molecule has 4 heterocycles. The Labute approximate surface area is 184 Å². The van der Waals surface area contributed by atoms with Crippen LogP contribution in [0.1, 0.15) is 32.4 Å². The van der Waals surface area contributed by atoms with E-state index in [1.165, 1.54) is 0 Å². The molecule has 4 aromatic rings. The van der Waals surface area contributed by atoms with E-state index in [1.54, 1.807) is 36.7 Å². The van der Waals surface area contributed by atoms with E-state index in [1.807, 2.05) is 13.0 Å². The van der Waals surface area contributed by atoms with Crippen molar-refractivity contribution in [3.63, 3.8) is 0 Å². The van der Waals surface area contributed by atoms with Gasteiger partial charge in [0.15, 0.2) is 17.3 Å². The summed E-state index contributed by atoms with van der Waals surface area (Å²) in [6.07, 6.45) is 10.3. The van der Waals surface area contributed by atoms with Gasteiger partial charge in [-0.15, -0.1) is 0 Å². The summed E-state index contributed by atoms with van der Waals surface area (Å²) in [6.45, 7) is 11.8. The molecule has 0 aliphatic rings. The highest BCUT2D eigenvalue weighted by atomic mass is 19.1. The lowest BCUT2D eigenvalue weighted by molar-refractivity contribution is 0.630. The minimum Gasteiger partial charge on any atom is -0.359 e. The van der Waals surface area contributed by atoms with Gasteiger partial charge in [-0.25, -0.2) is 14.4 Å². The molecule has 8 heteroatoms. The number of H-pyrrole nitrogens is 2. The average molecular weight is 430 g/mol. The number of rotatable bonds is 8. The van der Waals surface area contributed by atoms with Gasteiger partial charge in [-0.05, 0) is 37.6 Å². The van der Waals surface area contributed by atoms with Crippen molar-refractivity contribution in [1.82, 2.24) is 35.5 Å². The molecule has 4 rings (SSSR count). The normalized spacial score (nSPS) is 12.5. The minimum absolute atomic E-state index is 0.208. The predicted octanol–water partition coefficient (Wildman–Crippen LogP) is 5.41. The molecular formula is C24H24FN7. The number of aromatic amines is 2. The number of fused-ring (bicyclic) bond motifs is 2. The molecule has 0 unspecified atom stereocenters. The van der Waals surface area contributed by atoms with Crippen molar-refractivity contribution in [3.8, 4) is 11.5 Å². The summed E-state index contributed by atoms with van der Waals surface area (Å²) < 4.78 is 15.8. The van der Waals surface area contributed by atoms with Gasteiger partial charge in [0, 0.05) is 23.2 Å². The molecule has 0 saturated heterocycles. The molecule has 0 aliphatic heterocycles. The van der Waals surface area contributed by atoms with Crippen molar-refractivity contribution in [3.05, 3.63) is 78.8 Å². The van der Waals surface area contributed by atoms with E-state index in [2.05, 4.69) is 55.5 Å². The highest BCUT2D eigenvalue weighted by molar-refractivity contribution is 5.95. The first-order chi connectivity index (χ1) is 15.5. The van der Waals surface area contributed by atoms with Crippen molar-refractivity contribution in [2.24, 2.45) is 0 Å². The SMILES string of the molecule is C=C/C(=C\C(=C/C)c1ncc2[nH]nc(-c3nc4ncccc4[nH]3)c2c1F)NC(=C)CCC. The molecular weight excluding hydrogens is 405 g/mol. The van der Waals surface area contributed by atoms with Crippen molar-refractivity contribution >= 4 is 27.6 Å². The predicted molar refractivity (Wildman–Crippen MR) is 126 cm³/mol. The van der Waals surface area contributed by atoms with Gasteiger partial charge in [0.1, 0.15) is 11.4 Å². The van der Waals surface area contributed by atoms with Crippen LogP contribution < -0.4 is 5.32 Å². The molecule has 0 radical (unpaired) electrons. The van der Waals surface area contributed by atoms with Gasteiger partial charge in [0.2, 0.25) is 0 Å². The molecule has 4 aromatic heterocycles. The van der Waals surface area contributed by atoms with Crippen LogP contribution in [0.3, 0.4) is 0 Å². The molecule has 0 amide bonds. The second-order valence-electron chi connectivity index (χ2n) is 7.27. The van der Waals surface area contributed by atoms with E-state index in [9.17, 15) is 0 Å². The first-order valence-electron chi connectivity index (χ1n) is 10.3. The van der Waals surface area contributed by atoms with E-state index >= 15 is 4.39 Å². The van der Waals surface area contributed by atoms with Crippen LogP contribution >= 0.6 is 0 Å². The summed E-state index contributed by atoms with van der Waals surface area (Å²) in [5, 5.41) is 10.7. The first-order valence-corrected chi connectivity index (χ1v) is 10.3. The maximum atomic E-state index is 15.8. The minimum atomic E-state index is -0.486. The lowest BCUT2D eigenvalue weighted by Gasteiger charge is -2.11. The fourth-order valence-electron chi connectivity index (χ4n) is 3.48. The van der Waals surface area contributed by atoms with E-state index in [0.29, 0.717) is 39.3 Å². The Morgan fingerprint density at radius 3 is 2.84 bits per heavy atom. The molecule has 162 valence electrons. The number of aromatic nitrogens is 6. The average Bonchev–Trinajstić information content (AvgIpc) is 3.41. The number of halogens is 1. The molecule has 0 aromatic carbocycles. The topological polar surface area (TPSA) is 95.2 Å².